The molecule has 0 radical (unpaired) electrons. The Hall–Kier alpha value is -2.28. The van der Waals surface area contributed by atoms with E-state index in [0.29, 0.717) is 51.9 Å². The first-order valence-corrected chi connectivity index (χ1v) is 8.99. The minimum atomic E-state index is -0.478. The Morgan fingerprint density at radius 1 is 1.12 bits per heavy atom. The van der Waals surface area contributed by atoms with Crippen molar-refractivity contribution in [1.29, 1.82) is 0 Å². The summed E-state index contributed by atoms with van der Waals surface area (Å²) in [6.07, 6.45) is -0.276. The van der Waals surface area contributed by atoms with Crippen LogP contribution in [0.1, 0.15) is 26.3 Å². The molecule has 1 amide bonds. The maximum atomic E-state index is 12.1. The number of hydrogen-bond acceptors (Lipinski definition) is 4. The van der Waals surface area contributed by atoms with Crippen LogP contribution in [0, 0.1) is 0 Å². The van der Waals surface area contributed by atoms with Gasteiger partial charge in [-0.2, -0.15) is 0 Å². The van der Waals surface area contributed by atoms with Crippen molar-refractivity contribution in [3.63, 3.8) is 0 Å². The van der Waals surface area contributed by atoms with Crippen LogP contribution in [-0.2, 0) is 16.1 Å². The fraction of sp³-hybridized carbons (Fsp3) is 0.579. The second-order valence-corrected chi connectivity index (χ2v) is 7.23. The van der Waals surface area contributed by atoms with Gasteiger partial charge in [-0.25, -0.2) is 4.79 Å². The summed E-state index contributed by atoms with van der Waals surface area (Å²) in [5.74, 6) is 0.497. The van der Waals surface area contributed by atoms with Crippen molar-refractivity contribution in [1.82, 2.24) is 9.80 Å². The summed E-state index contributed by atoms with van der Waals surface area (Å²) in [5, 5.41) is 0. The summed E-state index contributed by atoms with van der Waals surface area (Å²) in [4.78, 5) is 20.1. The van der Waals surface area contributed by atoms with E-state index in [1.165, 1.54) is 0 Å². The smallest absolute Gasteiger partial charge is 0.410 e. The summed E-state index contributed by atoms with van der Waals surface area (Å²) in [6.45, 7) is 9.68. The van der Waals surface area contributed by atoms with Crippen molar-refractivity contribution in [3.8, 4) is 0 Å². The van der Waals surface area contributed by atoms with Gasteiger partial charge in [-0.1, -0.05) is 30.3 Å². The number of aliphatic imine (C=N–C) groups is 1. The molecule has 1 fully saturated rings. The molecule has 0 unspecified atom stereocenters. The Morgan fingerprint density at radius 2 is 1.73 bits per heavy atom. The molecule has 2 N–H and O–H groups in total. The second kappa shape index (κ2) is 9.43. The van der Waals surface area contributed by atoms with E-state index >= 15 is 0 Å². The number of benzene rings is 1. The standard InChI is InChI=1S/C19H30N4O3/c1-19(2,3)26-18(24)23-12-10-22(11-13-23)17(20)21-9-14-25-15-16-7-5-4-6-8-16/h4-8H,9-15H2,1-3H3,(H2,20,21). The molecule has 0 aromatic heterocycles. The monoisotopic (exact) mass is 362 g/mol. The Morgan fingerprint density at radius 3 is 2.35 bits per heavy atom. The number of piperazine rings is 1. The molecule has 1 aliphatic rings. The van der Waals surface area contributed by atoms with E-state index in [1.54, 1.807) is 4.90 Å². The highest BCUT2D eigenvalue weighted by Crippen LogP contribution is 2.11. The van der Waals surface area contributed by atoms with Crippen molar-refractivity contribution in [3.05, 3.63) is 35.9 Å². The summed E-state index contributed by atoms with van der Waals surface area (Å²) in [7, 11) is 0. The van der Waals surface area contributed by atoms with Crippen molar-refractivity contribution in [2.24, 2.45) is 10.7 Å². The van der Waals surface area contributed by atoms with E-state index in [9.17, 15) is 4.79 Å². The lowest BCUT2D eigenvalue weighted by Crippen LogP contribution is -2.53. The molecular formula is C19H30N4O3. The zero-order valence-electron chi connectivity index (χ0n) is 16.0. The number of carbonyl (C=O) groups is 1. The number of carbonyl (C=O) groups excluding carboxylic acids is 1. The lowest BCUT2D eigenvalue weighted by Gasteiger charge is -2.36. The summed E-state index contributed by atoms with van der Waals surface area (Å²) >= 11 is 0. The Bertz CT molecular complexity index is 591. The normalized spacial score (nSPS) is 15.9. The van der Waals surface area contributed by atoms with Crippen LogP contribution in [-0.4, -0.2) is 66.8 Å². The zero-order chi connectivity index (χ0) is 19.0. The number of hydrogen-bond donors (Lipinski definition) is 1. The van der Waals surface area contributed by atoms with Crippen LogP contribution in [0.2, 0.25) is 0 Å². The summed E-state index contributed by atoms with van der Waals surface area (Å²) in [5.41, 5.74) is 6.71. The zero-order valence-corrected chi connectivity index (χ0v) is 16.0. The van der Waals surface area contributed by atoms with Crippen molar-refractivity contribution in [2.45, 2.75) is 33.0 Å². The highest BCUT2D eigenvalue weighted by molar-refractivity contribution is 5.78. The average Bonchev–Trinajstić information content (AvgIpc) is 2.61. The van der Waals surface area contributed by atoms with Gasteiger partial charge in [0, 0.05) is 26.2 Å². The SMILES string of the molecule is CC(C)(C)OC(=O)N1CCN(C(N)=NCCOCc2ccccc2)CC1. The third-order valence-corrected chi connectivity index (χ3v) is 3.88. The topological polar surface area (TPSA) is 80.4 Å². The van der Waals surface area contributed by atoms with E-state index in [4.69, 9.17) is 15.2 Å². The fourth-order valence-corrected chi connectivity index (χ4v) is 2.53. The Kier molecular flexibility index (Phi) is 7.26. The molecule has 0 aliphatic carbocycles. The average molecular weight is 362 g/mol. The number of ether oxygens (including phenoxy) is 2. The van der Waals surface area contributed by atoms with Gasteiger partial charge in [0.25, 0.3) is 0 Å². The van der Waals surface area contributed by atoms with E-state index in [1.807, 2.05) is 56.0 Å². The highest BCUT2D eigenvalue weighted by atomic mass is 16.6. The molecule has 1 heterocycles. The number of nitrogens with zero attached hydrogens (tertiary/aromatic N) is 3. The van der Waals surface area contributed by atoms with Gasteiger partial charge in [0.05, 0.1) is 19.8 Å². The minimum absolute atomic E-state index is 0.276. The van der Waals surface area contributed by atoms with E-state index < -0.39 is 5.60 Å². The predicted octanol–water partition coefficient (Wildman–Crippen LogP) is 2.07. The molecular weight excluding hydrogens is 332 g/mol. The molecule has 0 spiro atoms. The largest absolute Gasteiger partial charge is 0.444 e. The van der Waals surface area contributed by atoms with Crippen molar-refractivity contribution < 1.29 is 14.3 Å². The third kappa shape index (κ3) is 6.92. The van der Waals surface area contributed by atoms with Gasteiger partial charge in [0.15, 0.2) is 5.96 Å². The molecule has 1 saturated heterocycles. The third-order valence-electron chi connectivity index (χ3n) is 3.88. The van der Waals surface area contributed by atoms with Gasteiger partial charge >= 0.3 is 6.09 Å². The van der Waals surface area contributed by atoms with Gasteiger partial charge < -0.3 is 25.0 Å². The maximum absolute atomic E-state index is 12.1. The molecule has 0 atom stereocenters. The number of rotatable bonds is 5. The molecule has 0 saturated carbocycles. The quantitative estimate of drug-likeness (QED) is 0.493. The van der Waals surface area contributed by atoms with Gasteiger partial charge in [-0.15, -0.1) is 0 Å². The fourth-order valence-electron chi connectivity index (χ4n) is 2.53. The lowest BCUT2D eigenvalue weighted by atomic mass is 10.2. The minimum Gasteiger partial charge on any atom is -0.444 e. The molecule has 0 bridgehead atoms. The van der Waals surface area contributed by atoms with Crippen LogP contribution in [0.25, 0.3) is 0 Å². The number of guanidine groups is 1. The first-order valence-electron chi connectivity index (χ1n) is 8.99. The molecule has 7 nitrogen and oxygen atoms in total. The Balaban J connectivity index is 1.66. The van der Waals surface area contributed by atoms with Crippen LogP contribution in [0.5, 0.6) is 0 Å². The first kappa shape index (κ1) is 20.0. The second-order valence-electron chi connectivity index (χ2n) is 7.23. The Labute approximate surface area is 155 Å². The number of nitrogens with two attached hydrogens (primary N) is 1. The lowest BCUT2D eigenvalue weighted by molar-refractivity contribution is 0.0186. The number of amides is 1. The van der Waals surface area contributed by atoms with E-state index in [2.05, 4.69) is 4.99 Å². The van der Waals surface area contributed by atoms with Gasteiger partial charge in [0.1, 0.15) is 5.60 Å². The summed E-state index contributed by atoms with van der Waals surface area (Å²) in [6, 6.07) is 10.0. The van der Waals surface area contributed by atoms with Crippen molar-refractivity contribution in [2.75, 3.05) is 39.3 Å². The van der Waals surface area contributed by atoms with Gasteiger partial charge in [-0.3, -0.25) is 4.99 Å². The molecule has 1 aromatic rings. The van der Waals surface area contributed by atoms with Gasteiger partial charge in [-0.05, 0) is 26.3 Å². The van der Waals surface area contributed by atoms with Crippen LogP contribution in [0.3, 0.4) is 0 Å². The van der Waals surface area contributed by atoms with E-state index in [0.717, 1.165) is 5.56 Å². The molecule has 26 heavy (non-hydrogen) atoms. The van der Waals surface area contributed by atoms with Crippen LogP contribution < -0.4 is 5.73 Å². The predicted molar refractivity (Wildman–Crippen MR) is 102 cm³/mol. The van der Waals surface area contributed by atoms with Crippen LogP contribution in [0.4, 0.5) is 4.79 Å². The van der Waals surface area contributed by atoms with Crippen molar-refractivity contribution >= 4 is 12.1 Å². The molecule has 144 valence electrons. The maximum Gasteiger partial charge on any atom is 0.410 e. The molecule has 2 rings (SSSR count). The first-order chi connectivity index (χ1) is 12.3. The molecule has 7 heteroatoms. The molecule has 1 aliphatic heterocycles. The molecule has 1 aromatic carbocycles. The van der Waals surface area contributed by atoms with Crippen LogP contribution in [0.15, 0.2) is 35.3 Å². The van der Waals surface area contributed by atoms with Crippen LogP contribution >= 0.6 is 0 Å². The van der Waals surface area contributed by atoms with Gasteiger partial charge in [0.2, 0.25) is 0 Å². The summed E-state index contributed by atoms with van der Waals surface area (Å²) < 4.78 is 11.0. The van der Waals surface area contributed by atoms with E-state index in [-0.39, 0.29) is 6.09 Å². The highest BCUT2D eigenvalue weighted by Gasteiger charge is 2.26.